The van der Waals surface area contributed by atoms with Gasteiger partial charge in [0.1, 0.15) is 13.2 Å². The maximum absolute atomic E-state index is 12.0. The summed E-state index contributed by atoms with van der Waals surface area (Å²) >= 11 is 0. The van der Waals surface area contributed by atoms with Crippen molar-refractivity contribution < 1.29 is 31.1 Å². The number of benzene rings is 1. The molecule has 1 amide bonds. The summed E-state index contributed by atoms with van der Waals surface area (Å²) in [5, 5.41) is 2.68. The molecule has 1 fully saturated rings. The third-order valence-electron chi connectivity index (χ3n) is 4.30. The Balaban J connectivity index is 1.79. The van der Waals surface area contributed by atoms with Crippen molar-refractivity contribution in [3.8, 4) is 0 Å². The van der Waals surface area contributed by atoms with Crippen LogP contribution in [0.4, 0.5) is 18.9 Å². The lowest BCUT2D eigenvalue weighted by Gasteiger charge is -2.34. The molecule has 0 aliphatic carbocycles. The predicted molar refractivity (Wildman–Crippen MR) is 94.4 cm³/mol. The number of carbonyl (C=O) groups is 1. The van der Waals surface area contributed by atoms with Gasteiger partial charge in [-0.25, -0.2) is 8.42 Å². The van der Waals surface area contributed by atoms with Gasteiger partial charge in [0.25, 0.3) is 0 Å². The van der Waals surface area contributed by atoms with Crippen molar-refractivity contribution in [2.75, 3.05) is 37.0 Å². The zero-order chi connectivity index (χ0) is 20.1. The second-order valence-corrected chi connectivity index (χ2v) is 8.61. The number of carbonyl (C=O) groups excluding carboxylic acids is 1. The molecule has 0 atom stereocenters. The van der Waals surface area contributed by atoms with Gasteiger partial charge in [0.15, 0.2) is 9.84 Å². The Morgan fingerprint density at radius 1 is 1.22 bits per heavy atom. The van der Waals surface area contributed by atoms with Gasteiger partial charge in [-0.3, -0.25) is 4.79 Å². The number of sulfone groups is 1. The van der Waals surface area contributed by atoms with E-state index in [0.717, 1.165) is 5.69 Å². The monoisotopic (exact) mass is 408 g/mol. The first-order valence-corrected chi connectivity index (χ1v) is 10.3. The van der Waals surface area contributed by atoms with Gasteiger partial charge in [-0.15, -0.1) is 0 Å². The Morgan fingerprint density at radius 2 is 1.81 bits per heavy atom. The molecule has 1 heterocycles. The van der Waals surface area contributed by atoms with E-state index >= 15 is 0 Å². The van der Waals surface area contributed by atoms with E-state index in [1.807, 2.05) is 0 Å². The fourth-order valence-electron chi connectivity index (χ4n) is 2.84. The van der Waals surface area contributed by atoms with Crippen LogP contribution >= 0.6 is 0 Å². The largest absolute Gasteiger partial charge is 0.411 e. The lowest BCUT2D eigenvalue weighted by Crippen LogP contribution is -2.45. The molecule has 0 spiro atoms. The van der Waals surface area contributed by atoms with Crippen LogP contribution in [0.15, 0.2) is 29.2 Å². The number of amides is 1. The Bertz CT molecular complexity index is 728. The third kappa shape index (κ3) is 6.69. The summed E-state index contributed by atoms with van der Waals surface area (Å²) < 4.78 is 64.0. The second kappa shape index (κ2) is 8.92. The van der Waals surface area contributed by atoms with Gasteiger partial charge in [-0.2, -0.15) is 13.2 Å². The first kappa shape index (κ1) is 21.5. The summed E-state index contributed by atoms with van der Waals surface area (Å²) in [5.74, 6) is -0.517. The van der Waals surface area contributed by atoms with Crippen molar-refractivity contribution >= 4 is 21.4 Å². The van der Waals surface area contributed by atoms with E-state index in [4.69, 9.17) is 0 Å². The lowest BCUT2D eigenvalue weighted by molar-refractivity contribution is -0.175. The van der Waals surface area contributed by atoms with E-state index in [-0.39, 0.29) is 16.7 Å². The Morgan fingerprint density at radius 3 is 2.33 bits per heavy atom. The minimum absolute atomic E-state index is 0.0458. The molecule has 1 saturated heterocycles. The molecule has 1 aromatic carbocycles. The highest BCUT2D eigenvalue weighted by Crippen LogP contribution is 2.22. The van der Waals surface area contributed by atoms with E-state index < -0.39 is 35.1 Å². The molecule has 6 nitrogen and oxygen atoms in total. The molecule has 10 heteroatoms. The van der Waals surface area contributed by atoms with Gasteiger partial charge in [0.2, 0.25) is 5.91 Å². The number of nitrogens with one attached hydrogen (secondary N) is 1. The van der Waals surface area contributed by atoms with Crippen LogP contribution < -0.4 is 10.2 Å². The van der Waals surface area contributed by atoms with Crippen molar-refractivity contribution in [1.29, 1.82) is 0 Å². The lowest BCUT2D eigenvalue weighted by atomic mass is 10.0. The number of piperidine rings is 1. The molecule has 0 bridgehead atoms. The topological polar surface area (TPSA) is 75.7 Å². The molecular weight excluding hydrogens is 385 g/mol. The average molecular weight is 408 g/mol. The van der Waals surface area contributed by atoms with Gasteiger partial charge in [0.05, 0.1) is 10.6 Å². The third-order valence-corrected chi connectivity index (χ3v) is 6.05. The molecule has 152 valence electrons. The summed E-state index contributed by atoms with van der Waals surface area (Å²) in [7, 11) is -3.23. The minimum Gasteiger partial charge on any atom is -0.371 e. The fourth-order valence-corrected chi connectivity index (χ4v) is 3.73. The van der Waals surface area contributed by atoms with E-state index in [1.54, 1.807) is 31.2 Å². The first-order valence-electron chi connectivity index (χ1n) is 8.62. The predicted octanol–water partition coefficient (Wildman–Crippen LogP) is 2.14. The SMILES string of the molecule is CCS(=O)(=O)c1ccc(N2CCC(NC(=O)COCC(F)(F)F)CC2)cc1. The van der Waals surface area contributed by atoms with Crippen LogP contribution in [0, 0.1) is 0 Å². The zero-order valence-corrected chi connectivity index (χ0v) is 15.8. The average Bonchev–Trinajstić information content (AvgIpc) is 2.61. The maximum Gasteiger partial charge on any atom is 0.411 e. The highest BCUT2D eigenvalue weighted by molar-refractivity contribution is 7.91. The number of ether oxygens (including phenoxy) is 1. The molecule has 1 aliphatic heterocycles. The first-order chi connectivity index (χ1) is 12.6. The van der Waals surface area contributed by atoms with Crippen LogP contribution in [0.5, 0.6) is 0 Å². The van der Waals surface area contributed by atoms with E-state index in [1.165, 1.54) is 0 Å². The zero-order valence-electron chi connectivity index (χ0n) is 15.0. The van der Waals surface area contributed by atoms with Gasteiger partial charge >= 0.3 is 6.18 Å². The van der Waals surface area contributed by atoms with Crippen molar-refractivity contribution in [3.63, 3.8) is 0 Å². The van der Waals surface area contributed by atoms with Crippen LogP contribution in [0.25, 0.3) is 0 Å². The molecular formula is C17H23F3N2O4S. The standard InChI is InChI=1S/C17H23F3N2O4S/c1-2-27(24,25)15-5-3-14(4-6-15)22-9-7-13(8-10-22)21-16(23)11-26-12-17(18,19)20/h3-6,13H,2,7-12H2,1H3,(H,21,23). The van der Waals surface area contributed by atoms with E-state index in [2.05, 4.69) is 15.0 Å². The molecule has 0 radical (unpaired) electrons. The molecule has 0 unspecified atom stereocenters. The van der Waals surface area contributed by atoms with Crippen LogP contribution in [0.3, 0.4) is 0 Å². The van der Waals surface area contributed by atoms with Crippen LogP contribution in [0.2, 0.25) is 0 Å². The Labute approximate surface area is 156 Å². The number of nitrogens with zero attached hydrogens (tertiary/aromatic N) is 1. The number of hydrogen-bond donors (Lipinski definition) is 1. The van der Waals surface area contributed by atoms with Crippen LogP contribution in [-0.2, 0) is 19.4 Å². The highest BCUT2D eigenvalue weighted by Gasteiger charge is 2.28. The van der Waals surface area contributed by atoms with Crippen molar-refractivity contribution in [2.24, 2.45) is 0 Å². The van der Waals surface area contributed by atoms with E-state index in [0.29, 0.717) is 25.9 Å². The molecule has 27 heavy (non-hydrogen) atoms. The number of alkyl halides is 3. The summed E-state index contributed by atoms with van der Waals surface area (Å²) in [6.07, 6.45) is -3.17. The van der Waals surface area contributed by atoms with Crippen molar-refractivity contribution in [1.82, 2.24) is 5.32 Å². The van der Waals surface area contributed by atoms with Gasteiger partial charge < -0.3 is 15.0 Å². The summed E-state index contributed by atoms with van der Waals surface area (Å²) in [4.78, 5) is 14.0. The summed E-state index contributed by atoms with van der Waals surface area (Å²) in [5.41, 5.74) is 0.892. The summed E-state index contributed by atoms with van der Waals surface area (Å²) in [6.45, 7) is 0.828. The normalized spacial score (nSPS) is 16.4. The minimum atomic E-state index is -4.45. The maximum atomic E-state index is 12.0. The van der Waals surface area contributed by atoms with Gasteiger partial charge in [-0.05, 0) is 37.1 Å². The molecule has 2 rings (SSSR count). The molecule has 0 saturated carbocycles. The smallest absolute Gasteiger partial charge is 0.371 e. The molecule has 1 aromatic rings. The summed E-state index contributed by atoms with van der Waals surface area (Å²) in [6, 6.07) is 6.56. The van der Waals surface area contributed by atoms with Crippen LogP contribution in [0.1, 0.15) is 19.8 Å². The molecule has 1 N–H and O–H groups in total. The van der Waals surface area contributed by atoms with Crippen molar-refractivity contribution in [2.45, 2.75) is 36.9 Å². The second-order valence-electron chi connectivity index (χ2n) is 6.33. The van der Waals surface area contributed by atoms with Gasteiger partial charge in [0, 0.05) is 24.8 Å². The Kier molecular flexibility index (Phi) is 7.10. The van der Waals surface area contributed by atoms with Crippen molar-refractivity contribution in [3.05, 3.63) is 24.3 Å². The number of anilines is 1. The quantitative estimate of drug-likeness (QED) is 0.748. The number of halogens is 3. The number of hydrogen-bond acceptors (Lipinski definition) is 5. The Hall–Kier alpha value is -1.81. The molecule has 1 aliphatic rings. The molecule has 0 aromatic heterocycles. The number of rotatable bonds is 7. The fraction of sp³-hybridized carbons (Fsp3) is 0.588. The van der Waals surface area contributed by atoms with Crippen LogP contribution in [-0.4, -0.2) is 58.6 Å². The highest BCUT2D eigenvalue weighted by atomic mass is 32.2. The van der Waals surface area contributed by atoms with Gasteiger partial charge in [-0.1, -0.05) is 6.92 Å². The van der Waals surface area contributed by atoms with E-state index in [9.17, 15) is 26.4 Å².